The molecule has 31 heavy (non-hydrogen) atoms. The van der Waals surface area contributed by atoms with Crippen LogP contribution in [0.15, 0.2) is 109 Å². The van der Waals surface area contributed by atoms with Crippen LogP contribution < -0.4 is 20.7 Å². The highest BCUT2D eigenvalue weighted by atomic mass is 28.3. The van der Waals surface area contributed by atoms with Gasteiger partial charge in [0.2, 0.25) is 0 Å². The minimum absolute atomic E-state index is 0.187. The van der Waals surface area contributed by atoms with Crippen LogP contribution in [-0.4, -0.2) is 8.07 Å². The Kier molecular flexibility index (Phi) is 5.98. The Morgan fingerprint density at radius 1 is 0.548 bits per heavy atom. The van der Waals surface area contributed by atoms with Crippen molar-refractivity contribution in [1.29, 1.82) is 0 Å². The molecule has 0 N–H and O–H groups in total. The fourth-order valence-electron chi connectivity index (χ4n) is 4.56. The van der Waals surface area contributed by atoms with E-state index in [1.165, 1.54) is 31.9 Å². The number of rotatable bonds is 6. The summed E-state index contributed by atoms with van der Waals surface area (Å²) >= 11 is 0. The van der Waals surface area contributed by atoms with Crippen molar-refractivity contribution in [3.05, 3.63) is 120 Å². The zero-order valence-electron chi connectivity index (χ0n) is 19.1. The summed E-state index contributed by atoms with van der Waals surface area (Å²) in [4.78, 5) is 0. The Morgan fingerprint density at radius 3 is 1.35 bits per heavy atom. The Hall–Kier alpha value is -2.90. The van der Waals surface area contributed by atoms with Crippen molar-refractivity contribution < 1.29 is 0 Å². The van der Waals surface area contributed by atoms with Gasteiger partial charge >= 0.3 is 0 Å². The molecule has 0 aliphatic rings. The minimum atomic E-state index is -2.42. The molecule has 0 fully saturated rings. The van der Waals surface area contributed by atoms with Gasteiger partial charge in [0.25, 0.3) is 0 Å². The highest BCUT2D eigenvalue weighted by Crippen LogP contribution is 2.26. The Labute approximate surface area is 188 Å². The van der Waals surface area contributed by atoms with Crippen molar-refractivity contribution in [2.45, 2.75) is 39.5 Å². The SMILES string of the molecule is CCC(C)(C)c1ccc([Si](c2ccccc2)(c2ccccc2)c2ccc(C)cc2)cc1. The molecule has 0 bridgehead atoms. The van der Waals surface area contributed by atoms with Gasteiger partial charge < -0.3 is 0 Å². The van der Waals surface area contributed by atoms with Gasteiger partial charge in [0.1, 0.15) is 0 Å². The van der Waals surface area contributed by atoms with Gasteiger partial charge in [-0.25, -0.2) is 0 Å². The van der Waals surface area contributed by atoms with Gasteiger partial charge in [0, 0.05) is 0 Å². The number of hydrogen-bond acceptors (Lipinski definition) is 0. The second-order valence-electron chi connectivity index (χ2n) is 9.16. The lowest BCUT2D eigenvalue weighted by Crippen LogP contribution is -2.74. The molecular weight excluding hydrogens is 388 g/mol. The molecule has 0 atom stereocenters. The van der Waals surface area contributed by atoms with Crippen LogP contribution >= 0.6 is 0 Å². The second-order valence-corrected chi connectivity index (χ2v) is 13.0. The third kappa shape index (κ3) is 3.91. The van der Waals surface area contributed by atoms with Crippen molar-refractivity contribution in [3.63, 3.8) is 0 Å². The van der Waals surface area contributed by atoms with E-state index in [1.54, 1.807) is 0 Å². The topological polar surface area (TPSA) is 0 Å². The summed E-state index contributed by atoms with van der Waals surface area (Å²) in [5.74, 6) is 0. The molecule has 1 heteroatoms. The molecule has 156 valence electrons. The number of benzene rings is 4. The molecule has 0 saturated carbocycles. The van der Waals surface area contributed by atoms with Gasteiger partial charge in [-0.3, -0.25) is 0 Å². The Balaban J connectivity index is 2.04. The first-order chi connectivity index (χ1) is 15.0. The first-order valence-electron chi connectivity index (χ1n) is 11.3. The van der Waals surface area contributed by atoms with Crippen molar-refractivity contribution >= 4 is 28.8 Å². The van der Waals surface area contributed by atoms with E-state index in [0.29, 0.717) is 0 Å². The molecule has 0 aliphatic carbocycles. The maximum absolute atomic E-state index is 2.42. The van der Waals surface area contributed by atoms with Crippen LogP contribution in [0.3, 0.4) is 0 Å². The zero-order valence-corrected chi connectivity index (χ0v) is 20.1. The summed E-state index contributed by atoms with van der Waals surface area (Å²) in [6, 6.07) is 41.0. The molecule has 0 nitrogen and oxygen atoms in total. The van der Waals surface area contributed by atoms with Crippen LogP contribution in [0.25, 0.3) is 0 Å². The second kappa shape index (κ2) is 8.68. The summed E-state index contributed by atoms with van der Waals surface area (Å²) in [6.07, 6.45) is 1.13. The summed E-state index contributed by atoms with van der Waals surface area (Å²) in [5.41, 5.74) is 2.89. The van der Waals surface area contributed by atoms with Crippen molar-refractivity contribution in [2.75, 3.05) is 0 Å². The van der Waals surface area contributed by atoms with Crippen LogP contribution in [0.5, 0.6) is 0 Å². The fraction of sp³-hybridized carbons (Fsp3) is 0.200. The van der Waals surface area contributed by atoms with Crippen LogP contribution in [0.2, 0.25) is 0 Å². The van der Waals surface area contributed by atoms with Crippen LogP contribution in [0.4, 0.5) is 0 Å². The zero-order chi connectivity index (χ0) is 21.9. The molecule has 0 spiro atoms. The first-order valence-corrected chi connectivity index (χ1v) is 13.3. The van der Waals surface area contributed by atoms with Crippen molar-refractivity contribution in [2.24, 2.45) is 0 Å². The third-order valence-corrected chi connectivity index (χ3v) is 11.7. The molecule has 0 aromatic heterocycles. The summed E-state index contributed by atoms with van der Waals surface area (Å²) < 4.78 is 0. The van der Waals surface area contributed by atoms with E-state index in [-0.39, 0.29) is 5.41 Å². The number of aryl methyl sites for hydroxylation is 1. The predicted molar refractivity (Wildman–Crippen MR) is 138 cm³/mol. The van der Waals surface area contributed by atoms with Crippen molar-refractivity contribution in [3.8, 4) is 0 Å². The van der Waals surface area contributed by atoms with E-state index < -0.39 is 8.07 Å². The Morgan fingerprint density at radius 2 is 0.935 bits per heavy atom. The molecule has 0 aliphatic heterocycles. The van der Waals surface area contributed by atoms with E-state index in [0.717, 1.165) is 6.42 Å². The molecule has 4 rings (SSSR count). The van der Waals surface area contributed by atoms with E-state index in [9.17, 15) is 0 Å². The molecule has 0 radical (unpaired) electrons. The molecule has 4 aromatic carbocycles. The van der Waals surface area contributed by atoms with Gasteiger partial charge in [0.05, 0.1) is 0 Å². The molecule has 0 amide bonds. The fourth-order valence-corrected chi connectivity index (χ4v) is 9.27. The van der Waals surface area contributed by atoms with Gasteiger partial charge in [0.15, 0.2) is 8.07 Å². The maximum Gasteiger partial charge on any atom is 0.179 e. The minimum Gasteiger partial charge on any atom is -0.0646 e. The lowest BCUT2D eigenvalue weighted by atomic mass is 9.82. The van der Waals surface area contributed by atoms with E-state index >= 15 is 0 Å². The monoisotopic (exact) mass is 420 g/mol. The smallest absolute Gasteiger partial charge is 0.0646 e. The molecule has 0 heterocycles. The summed E-state index contributed by atoms with van der Waals surface area (Å²) in [7, 11) is -2.42. The normalized spacial score (nSPS) is 12.0. The quantitative estimate of drug-likeness (QED) is 0.302. The van der Waals surface area contributed by atoms with E-state index in [4.69, 9.17) is 0 Å². The van der Waals surface area contributed by atoms with Gasteiger partial charge in [-0.2, -0.15) is 0 Å². The van der Waals surface area contributed by atoms with Crippen LogP contribution in [-0.2, 0) is 5.41 Å². The summed E-state index contributed by atoms with van der Waals surface area (Å²) in [5, 5.41) is 5.71. The highest BCUT2D eigenvalue weighted by Gasteiger charge is 2.41. The largest absolute Gasteiger partial charge is 0.179 e. The van der Waals surface area contributed by atoms with Crippen LogP contribution in [0, 0.1) is 6.92 Å². The highest BCUT2D eigenvalue weighted by molar-refractivity contribution is 7.19. The van der Waals surface area contributed by atoms with Crippen molar-refractivity contribution in [1.82, 2.24) is 0 Å². The van der Waals surface area contributed by atoms with Crippen LogP contribution in [0.1, 0.15) is 38.3 Å². The van der Waals surface area contributed by atoms with E-state index in [1.807, 2.05) is 0 Å². The average Bonchev–Trinajstić information content (AvgIpc) is 2.82. The molecule has 0 saturated heterocycles. The Bertz CT molecular complexity index is 1070. The van der Waals surface area contributed by atoms with E-state index in [2.05, 4.69) is 137 Å². The van der Waals surface area contributed by atoms with Gasteiger partial charge in [-0.1, -0.05) is 136 Å². The number of hydrogen-bond donors (Lipinski definition) is 0. The lowest BCUT2D eigenvalue weighted by molar-refractivity contribution is 0.506. The van der Waals surface area contributed by atoms with Gasteiger partial charge in [-0.15, -0.1) is 0 Å². The molecule has 0 unspecified atom stereocenters. The first kappa shape index (κ1) is 21.3. The average molecular weight is 421 g/mol. The predicted octanol–water partition coefficient (Wildman–Crippen LogP) is 5.06. The van der Waals surface area contributed by atoms with Gasteiger partial charge in [-0.05, 0) is 45.1 Å². The summed E-state index contributed by atoms with van der Waals surface area (Å²) in [6.45, 7) is 9.11. The maximum atomic E-state index is 2.40. The molecule has 4 aromatic rings. The standard InChI is InChI=1S/C30H32Si/c1-5-30(3,4)25-18-22-29(23-19-25)31(26-12-8-6-9-13-26,27-14-10-7-11-15-27)28-20-16-24(2)17-21-28/h6-23H,5H2,1-4H3. The molecular formula is C30H32Si. The third-order valence-electron chi connectivity index (χ3n) is 6.88. The lowest BCUT2D eigenvalue weighted by Gasteiger charge is -2.35.